The third-order valence-electron chi connectivity index (χ3n) is 3.71. The second-order valence-electron chi connectivity index (χ2n) is 5.99. The van der Waals surface area contributed by atoms with Crippen molar-refractivity contribution in [1.82, 2.24) is 10.3 Å². The van der Waals surface area contributed by atoms with E-state index in [1.807, 2.05) is 0 Å². The van der Waals surface area contributed by atoms with E-state index in [-0.39, 0.29) is 24.3 Å². The topological polar surface area (TPSA) is 75.3 Å². The minimum atomic E-state index is -5.35. The number of rotatable bonds is 4. The Labute approximate surface area is 178 Å². The molecule has 0 radical (unpaired) electrons. The number of alkyl halides is 9. The van der Waals surface area contributed by atoms with Gasteiger partial charge in [0, 0.05) is 0 Å². The first-order chi connectivity index (χ1) is 14.3. The predicted octanol–water partition coefficient (Wildman–Crippen LogP) is 5.02. The fourth-order valence-electron chi connectivity index (χ4n) is 2.20. The number of sulfonamides is 1. The molecular weight excluding hydrogens is 507 g/mol. The van der Waals surface area contributed by atoms with E-state index in [0.29, 0.717) is 12.1 Å². The highest BCUT2D eigenvalue weighted by atomic mass is 35.5. The van der Waals surface area contributed by atoms with E-state index in [0.717, 1.165) is 0 Å². The molecule has 2 rings (SSSR count). The van der Waals surface area contributed by atoms with Crippen LogP contribution in [0.3, 0.4) is 0 Å². The molecule has 5 nitrogen and oxygen atoms in total. The van der Waals surface area contributed by atoms with Crippen molar-refractivity contribution in [3.05, 3.63) is 63.7 Å². The zero-order chi connectivity index (χ0) is 24.7. The van der Waals surface area contributed by atoms with Crippen LogP contribution >= 0.6 is 11.6 Å². The van der Waals surface area contributed by atoms with Crippen molar-refractivity contribution in [1.29, 1.82) is 0 Å². The summed E-state index contributed by atoms with van der Waals surface area (Å²) in [7, 11) is -5.23. The lowest BCUT2D eigenvalue weighted by Crippen LogP contribution is -2.41. The molecule has 176 valence electrons. The molecule has 0 aromatic heterocycles. The standard InChI is InChI=1S/C16H8ClF9N2O3S/c17-12-2-1-7(14(18,19)20)6-11(12)13(29)27-28-32(30,31)10-4-8(15(21,22)23)3-9(5-10)16(24,25)26/h1-6,28H,(H,27,29). The molecule has 0 atom stereocenters. The fourth-order valence-corrected chi connectivity index (χ4v) is 3.31. The largest absolute Gasteiger partial charge is 0.416 e. The van der Waals surface area contributed by atoms with Gasteiger partial charge in [0.05, 0.1) is 32.2 Å². The number of hydrazine groups is 1. The third kappa shape index (κ3) is 6.04. The third-order valence-corrected chi connectivity index (χ3v) is 5.27. The van der Waals surface area contributed by atoms with Crippen LogP contribution in [0.15, 0.2) is 41.3 Å². The molecule has 0 aliphatic heterocycles. The lowest BCUT2D eigenvalue weighted by Gasteiger charge is -2.15. The van der Waals surface area contributed by atoms with Gasteiger partial charge in [-0.2, -0.15) is 39.5 Å². The predicted molar refractivity (Wildman–Crippen MR) is 90.7 cm³/mol. The number of benzene rings is 2. The molecular formula is C16H8ClF9N2O3S. The minimum absolute atomic E-state index is 0.124. The first kappa shape index (κ1) is 25.7. The van der Waals surface area contributed by atoms with E-state index in [2.05, 4.69) is 0 Å². The van der Waals surface area contributed by atoms with Crippen LogP contribution in [0, 0.1) is 0 Å². The Morgan fingerprint density at radius 3 is 1.66 bits per heavy atom. The monoisotopic (exact) mass is 514 g/mol. The van der Waals surface area contributed by atoms with Gasteiger partial charge in [0.1, 0.15) is 0 Å². The second kappa shape index (κ2) is 8.44. The summed E-state index contributed by atoms with van der Waals surface area (Å²) in [5.41, 5.74) is -4.71. The van der Waals surface area contributed by atoms with E-state index >= 15 is 0 Å². The van der Waals surface area contributed by atoms with Gasteiger partial charge in [0.25, 0.3) is 15.9 Å². The molecule has 0 bridgehead atoms. The minimum Gasteiger partial charge on any atom is -0.273 e. The first-order valence-electron chi connectivity index (χ1n) is 7.81. The van der Waals surface area contributed by atoms with E-state index in [1.165, 1.54) is 10.3 Å². The van der Waals surface area contributed by atoms with Crippen molar-refractivity contribution < 1.29 is 52.7 Å². The molecule has 1 amide bonds. The normalized spacial score (nSPS) is 13.2. The number of nitrogens with one attached hydrogen (secondary N) is 2. The Bertz CT molecular complexity index is 1110. The van der Waals surface area contributed by atoms with Crippen LogP contribution in [0.4, 0.5) is 39.5 Å². The lowest BCUT2D eigenvalue weighted by atomic mass is 10.1. The highest BCUT2D eigenvalue weighted by Gasteiger charge is 2.38. The first-order valence-corrected chi connectivity index (χ1v) is 9.67. The van der Waals surface area contributed by atoms with E-state index in [1.54, 1.807) is 0 Å². The van der Waals surface area contributed by atoms with Gasteiger partial charge in [-0.3, -0.25) is 10.2 Å². The Balaban J connectivity index is 2.38. The van der Waals surface area contributed by atoms with E-state index in [9.17, 15) is 52.7 Å². The van der Waals surface area contributed by atoms with Gasteiger partial charge >= 0.3 is 18.5 Å². The van der Waals surface area contributed by atoms with Crippen molar-refractivity contribution in [3.8, 4) is 0 Å². The van der Waals surface area contributed by atoms with E-state index in [4.69, 9.17) is 11.6 Å². The van der Waals surface area contributed by atoms with Crippen LogP contribution in [0.5, 0.6) is 0 Å². The maximum atomic E-state index is 12.9. The van der Waals surface area contributed by atoms with Crippen molar-refractivity contribution in [2.24, 2.45) is 0 Å². The molecule has 2 aromatic carbocycles. The molecule has 0 spiro atoms. The lowest BCUT2D eigenvalue weighted by molar-refractivity contribution is -0.143. The fraction of sp³-hybridized carbons (Fsp3) is 0.188. The number of halogens is 10. The number of amides is 1. The number of carbonyl (C=O) groups excluding carboxylic acids is 1. The van der Waals surface area contributed by atoms with Gasteiger partial charge in [0.15, 0.2) is 0 Å². The number of hydrogen-bond acceptors (Lipinski definition) is 3. The summed E-state index contributed by atoms with van der Waals surface area (Å²) >= 11 is 5.59. The molecule has 0 aliphatic carbocycles. The second-order valence-corrected chi connectivity index (χ2v) is 8.08. The molecule has 2 N–H and O–H groups in total. The summed E-state index contributed by atoms with van der Waals surface area (Å²) in [6.07, 6.45) is -15.6. The Morgan fingerprint density at radius 1 is 0.750 bits per heavy atom. The maximum absolute atomic E-state index is 12.9. The van der Waals surface area contributed by atoms with Gasteiger partial charge in [-0.15, -0.1) is 4.83 Å². The number of carbonyl (C=O) groups is 1. The zero-order valence-corrected chi connectivity index (χ0v) is 16.4. The molecule has 0 unspecified atom stereocenters. The van der Waals surface area contributed by atoms with Crippen molar-refractivity contribution in [2.45, 2.75) is 23.4 Å². The quantitative estimate of drug-likeness (QED) is 0.444. The molecule has 2 aromatic rings. The van der Waals surface area contributed by atoms with Crippen molar-refractivity contribution >= 4 is 27.5 Å². The molecule has 32 heavy (non-hydrogen) atoms. The smallest absolute Gasteiger partial charge is 0.273 e. The van der Waals surface area contributed by atoms with Gasteiger partial charge in [-0.25, -0.2) is 8.42 Å². The summed E-state index contributed by atoms with van der Waals surface area (Å²) < 4.78 is 140. The van der Waals surface area contributed by atoms with Crippen molar-refractivity contribution in [2.75, 3.05) is 0 Å². The molecule has 0 fully saturated rings. The molecule has 0 saturated heterocycles. The average molecular weight is 515 g/mol. The maximum Gasteiger partial charge on any atom is 0.416 e. The number of hydrogen-bond donors (Lipinski definition) is 2. The average Bonchev–Trinajstić information content (AvgIpc) is 2.64. The molecule has 0 aliphatic rings. The summed E-state index contributed by atoms with van der Waals surface area (Å²) in [5, 5.41) is -0.548. The van der Waals surface area contributed by atoms with Gasteiger partial charge < -0.3 is 0 Å². The Kier molecular flexibility index (Phi) is 6.79. The van der Waals surface area contributed by atoms with Crippen LogP contribution < -0.4 is 10.3 Å². The van der Waals surface area contributed by atoms with Crippen LogP contribution in [-0.2, 0) is 28.6 Å². The summed E-state index contributed by atoms with van der Waals surface area (Å²) in [6.45, 7) is 0. The molecule has 16 heteroatoms. The van der Waals surface area contributed by atoms with Crippen LogP contribution in [-0.4, -0.2) is 14.3 Å². The Morgan fingerprint density at radius 2 is 1.22 bits per heavy atom. The highest BCUT2D eigenvalue weighted by molar-refractivity contribution is 7.89. The van der Waals surface area contributed by atoms with Crippen molar-refractivity contribution in [3.63, 3.8) is 0 Å². The van der Waals surface area contributed by atoms with Crippen LogP contribution in [0.25, 0.3) is 0 Å². The highest BCUT2D eigenvalue weighted by Crippen LogP contribution is 2.37. The summed E-state index contributed by atoms with van der Waals surface area (Å²) in [4.78, 5) is 11.7. The van der Waals surface area contributed by atoms with Gasteiger partial charge in [0.2, 0.25) is 0 Å². The molecule has 0 heterocycles. The van der Waals surface area contributed by atoms with E-state index < -0.39 is 66.6 Å². The zero-order valence-electron chi connectivity index (χ0n) is 14.9. The SMILES string of the molecule is O=C(NNS(=O)(=O)c1cc(C(F)(F)F)cc(C(F)(F)F)c1)c1cc(C(F)(F)F)ccc1Cl. The van der Waals surface area contributed by atoms with Gasteiger partial charge in [-0.1, -0.05) is 11.6 Å². The van der Waals surface area contributed by atoms with Gasteiger partial charge in [-0.05, 0) is 36.4 Å². The summed E-state index contributed by atoms with van der Waals surface area (Å²) in [5.74, 6) is -1.56. The Hall–Kier alpha value is -2.52. The summed E-state index contributed by atoms with van der Waals surface area (Å²) in [6, 6.07) is 0.890. The van der Waals surface area contributed by atoms with Crippen LogP contribution in [0.2, 0.25) is 5.02 Å². The van der Waals surface area contributed by atoms with Crippen LogP contribution in [0.1, 0.15) is 27.0 Å². The molecule has 0 saturated carbocycles.